The molecule has 0 radical (unpaired) electrons. The zero-order valence-electron chi connectivity index (χ0n) is 14.6. The number of hydrogen-bond donors (Lipinski definition) is 0. The first kappa shape index (κ1) is 25.6. The summed E-state index contributed by atoms with van der Waals surface area (Å²) in [6.45, 7) is 2.18. The fourth-order valence-corrected chi connectivity index (χ4v) is 5.29. The van der Waals surface area contributed by atoms with Crippen molar-refractivity contribution < 1.29 is 48.1 Å². The summed E-state index contributed by atoms with van der Waals surface area (Å²) in [4.78, 5) is 0. The molecule has 0 aliphatic heterocycles. The van der Waals surface area contributed by atoms with Crippen molar-refractivity contribution in [3.8, 4) is 0 Å². The summed E-state index contributed by atoms with van der Waals surface area (Å²) in [5, 5.41) is 5.39. The SMILES string of the molecule is CCC[Si](Cl)=[Zr+2].[Cl-].[Cl-].c1cc[cH-]c1.c1ccc2c(c1)[cH-]c1ccccc12. The second-order valence-corrected chi connectivity index (χ2v) is 14.9. The van der Waals surface area contributed by atoms with Gasteiger partial charge in [-0.15, -0.1) is 39.7 Å². The molecule has 0 unspecified atom stereocenters. The van der Waals surface area contributed by atoms with E-state index in [1.54, 1.807) is 23.3 Å². The first-order valence-corrected chi connectivity index (χ1v) is 14.6. The van der Waals surface area contributed by atoms with Crippen LogP contribution in [0.4, 0.5) is 0 Å². The minimum Gasteiger partial charge on any atom is -1.00 e. The van der Waals surface area contributed by atoms with Crippen molar-refractivity contribution in [3.63, 3.8) is 0 Å². The monoisotopic (exact) mass is 496 g/mol. The molecule has 0 saturated carbocycles. The van der Waals surface area contributed by atoms with E-state index in [0.717, 1.165) is 0 Å². The molecule has 0 nitrogen and oxygen atoms in total. The summed E-state index contributed by atoms with van der Waals surface area (Å²) in [5.41, 5.74) is 0. The van der Waals surface area contributed by atoms with Gasteiger partial charge in [0.05, 0.1) is 0 Å². The molecule has 0 aromatic heterocycles. The molecule has 0 N–H and O–H groups in total. The summed E-state index contributed by atoms with van der Waals surface area (Å²) in [7, 11) is 0. The Bertz CT molecular complexity index is 802. The number of benzene rings is 2. The largest absolute Gasteiger partial charge is 1.00 e. The topological polar surface area (TPSA) is 0 Å². The van der Waals surface area contributed by atoms with E-state index in [4.69, 9.17) is 11.1 Å². The standard InChI is InChI=1S/C13H9.C5H5.C3H7ClSi.2ClH.Zr/c1-3-7-12-10(5-1)9-11-6-2-4-8-13(11)12;1-2-4-5-3-1;1-2-3-5-4;;;/h1-9H;1-5H;2-3H2,1H3;2*1H;/q2*-1;;;;+2/p-2. The van der Waals surface area contributed by atoms with Gasteiger partial charge in [-0.25, -0.2) is 12.1 Å². The van der Waals surface area contributed by atoms with Crippen LogP contribution in [-0.2, 0) is 23.3 Å². The van der Waals surface area contributed by atoms with Crippen molar-refractivity contribution in [3.05, 3.63) is 84.9 Å². The smallest absolute Gasteiger partial charge is 0.0771 e. The molecule has 4 rings (SSSR count). The van der Waals surface area contributed by atoms with Crippen LogP contribution in [0, 0.1) is 0 Å². The molecule has 5 heteroatoms. The van der Waals surface area contributed by atoms with Gasteiger partial charge >= 0.3 is 58.5 Å². The second-order valence-electron chi connectivity index (χ2n) is 5.44. The minimum absolute atomic E-state index is 0. The maximum atomic E-state index is 5.72. The van der Waals surface area contributed by atoms with Gasteiger partial charge in [0.15, 0.2) is 0 Å². The van der Waals surface area contributed by atoms with E-state index in [1.807, 2.05) is 30.3 Å². The molecule has 0 aliphatic carbocycles. The van der Waals surface area contributed by atoms with Crippen LogP contribution in [0.2, 0.25) is 6.04 Å². The Hall–Kier alpha value is -0.370. The fraction of sp³-hybridized carbons (Fsp3) is 0.143. The van der Waals surface area contributed by atoms with Gasteiger partial charge in [0.1, 0.15) is 0 Å². The van der Waals surface area contributed by atoms with E-state index in [0.29, 0.717) is 0 Å². The Balaban J connectivity index is 0.000000410. The number of halogens is 3. The third-order valence-electron chi connectivity index (χ3n) is 3.55. The normalized spacial score (nSPS) is 9.08. The quantitative estimate of drug-likeness (QED) is 0.218. The molecule has 0 bridgehead atoms. The number of rotatable bonds is 2. The molecule has 0 aliphatic rings. The van der Waals surface area contributed by atoms with Gasteiger partial charge in [-0.2, -0.15) is 18.2 Å². The fourth-order valence-electron chi connectivity index (χ4n) is 2.44. The van der Waals surface area contributed by atoms with Crippen LogP contribution in [-0.4, -0.2) is 4.74 Å². The predicted molar refractivity (Wildman–Crippen MR) is 106 cm³/mol. The third kappa shape index (κ3) is 8.55. The molecule has 0 fully saturated rings. The van der Waals surface area contributed by atoms with Crippen LogP contribution in [0.1, 0.15) is 13.3 Å². The van der Waals surface area contributed by atoms with E-state index < -0.39 is 0 Å². The van der Waals surface area contributed by atoms with Gasteiger partial charge in [0, 0.05) is 0 Å². The van der Waals surface area contributed by atoms with Crippen LogP contribution < -0.4 is 24.8 Å². The van der Waals surface area contributed by atoms with Crippen molar-refractivity contribution in [2.45, 2.75) is 19.4 Å². The molecule has 0 heterocycles. The van der Waals surface area contributed by atoms with Crippen molar-refractivity contribution in [1.29, 1.82) is 0 Å². The van der Waals surface area contributed by atoms with E-state index in [9.17, 15) is 0 Å². The third-order valence-corrected chi connectivity index (χ3v) is 6.90. The van der Waals surface area contributed by atoms with Crippen molar-refractivity contribution >= 4 is 37.4 Å². The van der Waals surface area contributed by atoms with Gasteiger partial charge in [0.25, 0.3) is 0 Å². The van der Waals surface area contributed by atoms with Crippen LogP contribution in [0.5, 0.6) is 0 Å². The van der Waals surface area contributed by atoms with Crippen LogP contribution >= 0.6 is 11.1 Å². The summed E-state index contributed by atoms with van der Waals surface area (Å²) in [6.07, 6.45) is 1.27. The summed E-state index contributed by atoms with van der Waals surface area (Å²) in [5.74, 6) is 0. The van der Waals surface area contributed by atoms with E-state index in [2.05, 4.69) is 61.5 Å². The average Bonchev–Trinajstić information content (AvgIpc) is 3.27. The molecule has 0 atom stereocenters. The van der Waals surface area contributed by atoms with Crippen LogP contribution in [0.25, 0.3) is 21.5 Å². The molecule has 0 amide bonds. The number of fused-ring (bicyclic) bond motifs is 3. The first-order chi connectivity index (χ1) is 11.7. The Morgan fingerprint density at radius 3 is 1.62 bits per heavy atom. The zero-order chi connectivity index (χ0) is 17.2. The van der Waals surface area contributed by atoms with Crippen molar-refractivity contribution in [2.24, 2.45) is 0 Å². The molecule has 26 heavy (non-hydrogen) atoms. The van der Waals surface area contributed by atoms with Crippen LogP contribution in [0.15, 0.2) is 84.9 Å². The van der Waals surface area contributed by atoms with Gasteiger partial charge < -0.3 is 24.8 Å². The maximum absolute atomic E-state index is 5.72. The molecule has 4 aromatic rings. The van der Waals surface area contributed by atoms with E-state index in [-0.39, 0.29) is 29.6 Å². The van der Waals surface area contributed by atoms with Gasteiger partial charge in [0.2, 0.25) is 0 Å². The van der Waals surface area contributed by atoms with Gasteiger partial charge in [-0.05, 0) is 0 Å². The Morgan fingerprint density at radius 1 is 0.846 bits per heavy atom. The second kappa shape index (κ2) is 14.7. The van der Waals surface area contributed by atoms with Crippen molar-refractivity contribution in [1.82, 2.24) is 0 Å². The summed E-state index contributed by atoms with van der Waals surface area (Å²) in [6, 6.07) is 30.6. The molecular formula is C21H21Cl3SiZr-2. The molecule has 0 spiro atoms. The van der Waals surface area contributed by atoms with E-state index >= 15 is 0 Å². The Labute approximate surface area is 188 Å². The zero-order valence-corrected chi connectivity index (χ0v) is 20.4. The van der Waals surface area contributed by atoms with Gasteiger partial charge in [-0.1, -0.05) is 36.4 Å². The van der Waals surface area contributed by atoms with E-state index in [1.165, 1.54) is 34.0 Å². The maximum Gasteiger partial charge on any atom is -0.0771 e. The first-order valence-electron chi connectivity index (χ1n) is 8.15. The minimum atomic E-state index is -0.323. The molecular weight excluding hydrogens is 478 g/mol. The van der Waals surface area contributed by atoms with Crippen LogP contribution in [0.3, 0.4) is 0 Å². The summed E-state index contributed by atoms with van der Waals surface area (Å²) >= 11 is 7.27. The van der Waals surface area contributed by atoms with Gasteiger partial charge in [-0.3, -0.25) is 0 Å². The van der Waals surface area contributed by atoms with Crippen molar-refractivity contribution in [2.75, 3.05) is 0 Å². The predicted octanol–water partition coefficient (Wildman–Crippen LogP) is 0.796. The molecule has 4 aromatic carbocycles. The molecule has 136 valence electrons. The molecule has 0 saturated heterocycles. The Kier molecular flexibility index (Phi) is 14.5. The average molecular weight is 499 g/mol. The summed E-state index contributed by atoms with van der Waals surface area (Å²) < 4.78 is -0.323. The number of hydrogen-bond acceptors (Lipinski definition) is 0. The Morgan fingerprint density at radius 2 is 1.31 bits per heavy atom.